The molecule has 1 aliphatic carbocycles. The number of rotatable bonds is 4. The quantitative estimate of drug-likeness (QED) is 0.647. The number of furan rings is 1. The predicted octanol–water partition coefficient (Wildman–Crippen LogP) is 4.22. The minimum absolute atomic E-state index is 0.113. The highest BCUT2D eigenvalue weighted by atomic mass is 16.3. The number of nitrogens with one attached hydrogen (secondary N) is 1. The highest BCUT2D eigenvalue weighted by Crippen LogP contribution is 2.50. The van der Waals surface area contributed by atoms with Gasteiger partial charge in [-0.2, -0.15) is 0 Å². The average Bonchev–Trinajstić information content (AvgIpc) is 3.08. The highest BCUT2D eigenvalue weighted by molar-refractivity contribution is 5.81. The molecule has 3 rings (SSSR count). The minimum Gasteiger partial charge on any atom is -0.459 e. The lowest BCUT2D eigenvalue weighted by Gasteiger charge is -2.35. The smallest absolute Gasteiger partial charge is 0.137 e. The zero-order valence-corrected chi connectivity index (χ0v) is 12.4. The summed E-state index contributed by atoms with van der Waals surface area (Å²) >= 11 is 0. The fourth-order valence-electron chi connectivity index (χ4n) is 3.86. The van der Waals surface area contributed by atoms with Crippen LogP contribution < -0.4 is 11.3 Å². The van der Waals surface area contributed by atoms with E-state index in [0.717, 1.165) is 17.8 Å². The lowest BCUT2D eigenvalue weighted by Crippen LogP contribution is -2.39. The van der Waals surface area contributed by atoms with Gasteiger partial charge in [0.15, 0.2) is 0 Å². The lowest BCUT2D eigenvalue weighted by atomic mass is 9.75. The van der Waals surface area contributed by atoms with Crippen LogP contribution >= 0.6 is 0 Å². The number of hydrogen-bond donors (Lipinski definition) is 2. The second-order valence-corrected chi connectivity index (χ2v) is 6.16. The molecule has 3 N–H and O–H groups in total. The molecule has 1 saturated carbocycles. The number of para-hydroxylation sites is 1. The summed E-state index contributed by atoms with van der Waals surface area (Å²) in [5.74, 6) is 6.88. The number of fused-ring (bicyclic) bond motifs is 1. The molecule has 1 fully saturated rings. The van der Waals surface area contributed by atoms with Gasteiger partial charge in [-0.3, -0.25) is 5.84 Å². The van der Waals surface area contributed by atoms with Crippen molar-refractivity contribution in [1.29, 1.82) is 0 Å². The molecule has 1 aromatic heterocycles. The summed E-state index contributed by atoms with van der Waals surface area (Å²) in [4.78, 5) is 0. The Kier molecular flexibility index (Phi) is 3.57. The van der Waals surface area contributed by atoms with Crippen molar-refractivity contribution >= 4 is 11.0 Å². The molecular formula is C17H24N2O. The van der Waals surface area contributed by atoms with Crippen LogP contribution in [0.2, 0.25) is 0 Å². The summed E-state index contributed by atoms with van der Waals surface area (Å²) in [6.45, 7) is 4.36. The zero-order valence-electron chi connectivity index (χ0n) is 12.4. The Balaban J connectivity index is 2.05. The highest BCUT2D eigenvalue weighted by Gasteiger charge is 2.41. The molecule has 0 amide bonds. The van der Waals surface area contributed by atoms with Crippen molar-refractivity contribution < 1.29 is 4.42 Å². The van der Waals surface area contributed by atoms with Gasteiger partial charge in [0, 0.05) is 5.39 Å². The van der Waals surface area contributed by atoms with Crippen LogP contribution in [-0.2, 0) is 0 Å². The monoisotopic (exact) mass is 272 g/mol. The molecule has 0 spiro atoms. The molecule has 0 bridgehead atoms. The minimum atomic E-state index is 0.113. The van der Waals surface area contributed by atoms with E-state index in [0.29, 0.717) is 0 Å². The van der Waals surface area contributed by atoms with E-state index in [-0.39, 0.29) is 11.5 Å². The van der Waals surface area contributed by atoms with Crippen molar-refractivity contribution in [2.75, 3.05) is 0 Å². The predicted molar refractivity (Wildman–Crippen MR) is 82.2 cm³/mol. The van der Waals surface area contributed by atoms with Crippen molar-refractivity contribution in [2.24, 2.45) is 11.3 Å². The fraction of sp³-hybridized carbons (Fsp3) is 0.529. The largest absolute Gasteiger partial charge is 0.459 e. The molecule has 1 aromatic carbocycles. The normalized spacial score (nSPS) is 19.6. The van der Waals surface area contributed by atoms with Crippen LogP contribution in [0.5, 0.6) is 0 Å². The van der Waals surface area contributed by atoms with Gasteiger partial charge < -0.3 is 4.42 Å². The van der Waals surface area contributed by atoms with E-state index < -0.39 is 0 Å². The summed E-state index contributed by atoms with van der Waals surface area (Å²) in [6.07, 6.45) is 6.19. The molecule has 20 heavy (non-hydrogen) atoms. The van der Waals surface area contributed by atoms with E-state index in [1.807, 2.05) is 0 Å². The Morgan fingerprint density at radius 3 is 2.70 bits per heavy atom. The van der Waals surface area contributed by atoms with Gasteiger partial charge in [0.2, 0.25) is 0 Å². The first-order valence-electron chi connectivity index (χ1n) is 7.65. The van der Waals surface area contributed by atoms with Gasteiger partial charge in [-0.15, -0.1) is 0 Å². The number of nitrogens with two attached hydrogens (primary N) is 1. The number of hydrazine groups is 1. The van der Waals surface area contributed by atoms with Gasteiger partial charge in [-0.05, 0) is 43.2 Å². The van der Waals surface area contributed by atoms with E-state index in [9.17, 15) is 0 Å². The lowest BCUT2D eigenvalue weighted by molar-refractivity contribution is 0.168. The van der Waals surface area contributed by atoms with Crippen molar-refractivity contribution in [3.63, 3.8) is 0 Å². The topological polar surface area (TPSA) is 51.2 Å². The summed E-state index contributed by atoms with van der Waals surface area (Å²) in [5, 5.41) is 1.17. The number of benzene rings is 1. The molecular weight excluding hydrogens is 248 g/mol. The molecule has 1 unspecified atom stereocenters. The molecule has 108 valence electrons. The number of aryl methyl sites for hydroxylation is 1. The Bertz CT molecular complexity index is 596. The Morgan fingerprint density at radius 1 is 1.35 bits per heavy atom. The summed E-state index contributed by atoms with van der Waals surface area (Å²) in [6, 6.07) is 8.54. The third-order valence-corrected chi connectivity index (χ3v) is 5.13. The molecule has 3 heteroatoms. The van der Waals surface area contributed by atoms with E-state index >= 15 is 0 Å². The van der Waals surface area contributed by atoms with Crippen LogP contribution in [0.3, 0.4) is 0 Å². The number of hydrogen-bond acceptors (Lipinski definition) is 3. The van der Waals surface area contributed by atoms with E-state index in [1.165, 1.54) is 36.6 Å². The van der Waals surface area contributed by atoms with Gasteiger partial charge >= 0.3 is 0 Å². The van der Waals surface area contributed by atoms with E-state index in [4.69, 9.17) is 10.3 Å². The van der Waals surface area contributed by atoms with Gasteiger partial charge in [0.1, 0.15) is 11.3 Å². The van der Waals surface area contributed by atoms with Gasteiger partial charge in [-0.1, -0.05) is 38.0 Å². The van der Waals surface area contributed by atoms with E-state index in [2.05, 4.69) is 43.5 Å². The third-order valence-electron chi connectivity index (χ3n) is 5.13. The molecule has 0 radical (unpaired) electrons. The van der Waals surface area contributed by atoms with Crippen molar-refractivity contribution in [2.45, 2.75) is 52.0 Å². The van der Waals surface area contributed by atoms with Crippen molar-refractivity contribution in [3.8, 4) is 0 Å². The molecule has 1 aliphatic rings. The van der Waals surface area contributed by atoms with Crippen LogP contribution in [0, 0.1) is 12.3 Å². The second kappa shape index (κ2) is 5.23. The summed E-state index contributed by atoms with van der Waals surface area (Å²) < 4.78 is 6.15. The van der Waals surface area contributed by atoms with Crippen LogP contribution in [0.25, 0.3) is 11.0 Å². The third kappa shape index (κ3) is 2.05. The second-order valence-electron chi connectivity index (χ2n) is 6.16. The van der Waals surface area contributed by atoms with Crippen molar-refractivity contribution in [1.82, 2.24) is 5.43 Å². The Hall–Kier alpha value is -1.32. The molecule has 3 nitrogen and oxygen atoms in total. The first kappa shape index (κ1) is 13.7. The first-order valence-corrected chi connectivity index (χ1v) is 7.65. The fourth-order valence-corrected chi connectivity index (χ4v) is 3.86. The maximum absolute atomic E-state index is 6.15. The molecule has 1 heterocycles. The van der Waals surface area contributed by atoms with E-state index in [1.54, 1.807) is 0 Å². The van der Waals surface area contributed by atoms with Crippen LogP contribution in [0.4, 0.5) is 0 Å². The maximum Gasteiger partial charge on any atom is 0.137 e. The molecule has 0 saturated heterocycles. The van der Waals surface area contributed by atoms with Crippen LogP contribution in [0.15, 0.2) is 28.7 Å². The summed E-state index contributed by atoms with van der Waals surface area (Å²) in [5.41, 5.74) is 5.46. The van der Waals surface area contributed by atoms with Crippen LogP contribution in [-0.4, -0.2) is 0 Å². The Morgan fingerprint density at radius 2 is 2.10 bits per heavy atom. The van der Waals surface area contributed by atoms with Gasteiger partial charge in [0.25, 0.3) is 0 Å². The summed E-state index contributed by atoms with van der Waals surface area (Å²) in [7, 11) is 0. The molecule has 1 atom stereocenters. The first-order chi connectivity index (χ1) is 9.70. The molecule has 2 aromatic rings. The SMILES string of the molecule is CCC1(C(NN)c2cc3cccc(C)c3o2)CCCC1. The van der Waals surface area contributed by atoms with Gasteiger partial charge in [0.05, 0.1) is 6.04 Å². The van der Waals surface area contributed by atoms with Gasteiger partial charge in [-0.25, -0.2) is 5.43 Å². The van der Waals surface area contributed by atoms with Crippen molar-refractivity contribution in [3.05, 3.63) is 35.6 Å². The maximum atomic E-state index is 6.15. The zero-order chi connectivity index (χ0) is 14.2. The van der Waals surface area contributed by atoms with Crippen LogP contribution in [0.1, 0.15) is 56.4 Å². The average molecular weight is 272 g/mol. The standard InChI is InChI=1S/C17H24N2O/c1-3-17(9-4-5-10-17)16(19-18)14-11-13-8-6-7-12(2)15(13)20-14/h6-8,11,16,19H,3-5,9-10,18H2,1-2H3. The molecule has 0 aliphatic heterocycles. The Labute approximate surface area is 120 Å².